The van der Waals surface area contributed by atoms with Crippen LogP contribution in [0.4, 0.5) is 0 Å². The van der Waals surface area contributed by atoms with Gasteiger partial charge in [-0.2, -0.15) is 12.6 Å². The smallest absolute Gasteiger partial charge is 0.326 e. The summed E-state index contributed by atoms with van der Waals surface area (Å²) in [7, 11) is 0. The number of nitrogens with two attached hydrogens (primary N) is 1. The molecule has 0 fully saturated rings. The van der Waals surface area contributed by atoms with Crippen LogP contribution >= 0.6 is 12.6 Å². The third kappa shape index (κ3) is 5.24. The van der Waals surface area contributed by atoms with Crippen molar-refractivity contribution in [2.75, 3.05) is 5.75 Å². The van der Waals surface area contributed by atoms with Gasteiger partial charge >= 0.3 is 5.97 Å². The first-order valence-electron chi connectivity index (χ1n) is 8.67. The van der Waals surface area contributed by atoms with Crippen molar-refractivity contribution in [2.24, 2.45) is 5.73 Å². The summed E-state index contributed by atoms with van der Waals surface area (Å²) in [5, 5.41) is 24.9. The predicted octanol–water partition coefficient (Wildman–Crippen LogP) is -0.597. The fourth-order valence-corrected chi connectivity index (χ4v) is 2.90. The third-order valence-electron chi connectivity index (χ3n) is 4.31. The van der Waals surface area contributed by atoms with Crippen molar-refractivity contribution in [1.29, 1.82) is 0 Å². The molecule has 0 saturated carbocycles. The Hall–Kier alpha value is -2.56. The lowest BCUT2D eigenvalue weighted by molar-refractivity contribution is -0.142. The van der Waals surface area contributed by atoms with E-state index in [1.54, 1.807) is 6.20 Å². The van der Waals surface area contributed by atoms with E-state index in [2.05, 4.69) is 28.2 Å². The molecule has 0 saturated heterocycles. The Balaban J connectivity index is 2.14. The Morgan fingerprint density at radius 2 is 1.89 bits per heavy atom. The van der Waals surface area contributed by atoms with E-state index in [4.69, 9.17) is 5.73 Å². The highest BCUT2D eigenvalue weighted by molar-refractivity contribution is 7.80. The van der Waals surface area contributed by atoms with Gasteiger partial charge in [-0.1, -0.05) is 18.2 Å². The maximum atomic E-state index is 12.5. The van der Waals surface area contributed by atoms with E-state index in [-0.39, 0.29) is 12.2 Å². The Labute approximate surface area is 167 Å². The molecule has 9 nitrogen and oxygen atoms in total. The number of carbonyl (C=O) groups is 3. The van der Waals surface area contributed by atoms with E-state index in [9.17, 15) is 24.6 Å². The average molecular weight is 408 g/mol. The number of nitrogens with one attached hydrogen (secondary N) is 3. The summed E-state index contributed by atoms with van der Waals surface area (Å²) in [6.07, 6.45) is 0.465. The highest BCUT2D eigenvalue weighted by atomic mass is 32.1. The summed E-state index contributed by atoms with van der Waals surface area (Å²) in [5.41, 5.74) is 7.13. The van der Waals surface area contributed by atoms with Gasteiger partial charge in [0.1, 0.15) is 12.1 Å². The van der Waals surface area contributed by atoms with Crippen LogP contribution in [0.5, 0.6) is 0 Å². The number of para-hydroxylation sites is 1. The molecule has 2 aromatic rings. The van der Waals surface area contributed by atoms with Gasteiger partial charge < -0.3 is 31.6 Å². The molecule has 0 aliphatic rings. The molecule has 1 heterocycles. The number of aromatic nitrogens is 1. The van der Waals surface area contributed by atoms with Crippen LogP contribution < -0.4 is 16.4 Å². The summed E-state index contributed by atoms with van der Waals surface area (Å²) >= 11 is 3.91. The molecule has 28 heavy (non-hydrogen) atoms. The fraction of sp³-hybridized carbons (Fsp3) is 0.389. The molecule has 1 aromatic carbocycles. The number of benzene rings is 1. The molecule has 0 bridgehead atoms. The molecule has 0 aliphatic carbocycles. The van der Waals surface area contributed by atoms with Gasteiger partial charge in [-0.15, -0.1) is 0 Å². The Morgan fingerprint density at radius 1 is 1.21 bits per heavy atom. The molecule has 2 rings (SSSR count). The van der Waals surface area contributed by atoms with E-state index in [0.717, 1.165) is 16.5 Å². The number of aliphatic carboxylic acids is 1. The van der Waals surface area contributed by atoms with Crippen molar-refractivity contribution < 1.29 is 24.6 Å². The number of aromatic amines is 1. The largest absolute Gasteiger partial charge is 0.480 e. The van der Waals surface area contributed by atoms with Crippen molar-refractivity contribution in [3.8, 4) is 0 Å². The van der Waals surface area contributed by atoms with E-state index in [0.29, 0.717) is 0 Å². The summed E-state index contributed by atoms with van der Waals surface area (Å²) in [6, 6.07) is 3.84. The number of aliphatic hydroxyl groups excluding tert-OH is 1. The summed E-state index contributed by atoms with van der Waals surface area (Å²) < 4.78 is 0. The lowest BCUT2D eigenvalue weighted by atomic mass is 10.0. The molecule has 1 aromatic heterocycles. The monoisotopic (exact) mass is 408 g/mol. The van der Waals surface area contributed by atoms with Gasteiger partial charge in [-0.05, 0) is 18.6 Å². The van der Waals surface area contributed by atoms with E-state index in [1.807, 2.05) is 24.3 Å². The molecular weight excluding hydrogens is 384 g/mol. The van der Waals surface area contributed by atoms with Crippen molar-refractivity contribution in [1.82, 2.24) is 15.6 Å². The Bertz CT molecular complexity index is 853. The maximum Gasteiger partial charge on any atom is 0.326 e. The first-order valence-corrected chi connectivity index (χ1v) is 9.31. The van der Waals surface area contributed by atoms with E-state index in [1.165, 1.54) is 6.92 Å². The number of rotatable bonds is 9. The second-order valence-corrected chi connectivity index (χ2v) is 6.84. The highest BCUT2D eigenvalue weighted by Crippen LogP contribution is 2.19. The number of thiol groups is 1. The van der Waals surface area contributed by atoms with Gasteiger partial charge in [-0.3, -0.25) is 9.59 Å². The van der Waals surface area contributed by atoms with Gasteiger partial charge in [0.2, 0.25) is 11.8 Å². The minimum Gasteiger partial charge on any atom is -0.480 e. The third-order valence-corrected chi connectivity index (χ3v) is 4.70. The van der Waals surface area contributed by atoms with E-state index >= 15 is 0 Å². The number of amides is 2. The molecule has 2 amide bonds. The number of hydrogen-bond donors (Lipinski definition) is 7. The first-order chi connectivity index (χ1) is 13.2. The zero-order valence-corrected chi connectivity index (χ0v) is 16.1. The SMILES string of the molecule is C[C@@H](O)[C@H](NC(=O)[C@@H](N)CS)C(=O)N[C@@H](Cc1c[nH]c2ccccc12)C(=O)O. The molecule has 0 spiro atoms. The number of H-pyrrole nitrogens is 1. The fourth-order valence-electron chi connectivity index (χ4n) is 2.73. The van der Waals surface area contributed by atoms with Crippen LogP contribution in [0.15, 0.2) is 30.5 Å². The van der Waals surface area contributed by atoms with Crippen molar-refractivity contribution in [3.63, 3.8) is 0 Å². The Kier molecular flexibility index (Phi) is 7.44. The second-order valence-electron chi connectivity index (χ2n) is 6.48. The van der Waals surface area contributed by atoms with Gasteiger partial charge in [0.25, 0.3) is 0 Å². The van der Waals surface area contributed by atoms with Crippen LogP contribution in [-0.2, 0) is 20.8 Å². The number of fused-ring (bicyclic) bond motifs is 1. The van der Waals surface area contributed by atoms with Crippen molar-refractivity contribution in [2.45, 2.75) is 37.6 Å². The van der Waals surface area contributed by atoms with Gasteiger partial charge in [-0.25, -0.2) is 4.79 Å². The minimum atomic E-state index is -1.34. The van der Waals surface area contributed by atoms with Crippen LogP contribution in [0.2, 0.25) is 0 Å². The van der Waals surface area contributed by atoms with Gasteiger partial charge in [0.15, 0.2) is 0 Å². The normalized spacial score (nSPS) is 15.4. The number of hydrogen-bond acceptors (Lipinski definition) is 6. The van der Waals surface area contributed by atoms with Crippen molar-refractivity contribution >= 4 is 41.3 Å². The quantitative estimate of drug-likeness (QED) is 0.275. The maximum absolute atomic E-state index is 12.5. The van der Waals surface area contributed by atoms with Crippen LogP contribution in [0, 0.1) is 0 Å². The second kappa shape index (κ2) is 9.58. The molecule has 0 radical (unpaired) electrons. The van der Waals surface area contributed by atoms with Crippen LogP contribution in [0.3, 0.4) is 0 Å². The number of aliphatic hydroxyl groups is 1. The molecule has 152 valence electrons. The standard InChI is InChI=1S/C18H24N4O5S/c1-9(23)15(22-16(24)12(19)8-28)17(25)21-14(18(26)27)6-10-7-20-13-5-3-2-4-11(10)13/h2-5,7,9,12,14-15,20,23,28H,6,8,19H2,1H3,(H,21,25)(H,22,24)(H,26,27)/t9-,12+,14+,15+/m1/s1. The molecule has 7 N–H and O–H groups in total. The van der Waals surface area contributed by atoms with Gasteiger partial charge in [0, 0.05) is 29.3 Å². The highest BCUT2D eigenvalue weighted by Gasteiger charge is 2.31. The summed E-state index contributed by atoms with van der Waals surface area (Å²) in [4.78, 5) is 39.1. The lowest BCUT2D eigenvalue weighted by Crippen LogP contribution is -2.58. The van der Waals surface area contributed by atoms with Crippen LogP contribution in [-0.4, -0.2) is 63.0 Å². The van der Waals surface area contributed by atoms with Crippen LogP contribution in [0.1, 0.15) is 12.5 Å². The molecular formula is C18H24N4O5S. The van der Waals surface area contributed by atoms with Gasteiger partial charge in [0.05, 0.1) is 12.1 Å². The summed E-state index contributed by atoms with van der Waals surface area (Å²) in [6.45, 7) is 1.31. The summed E-state index contributed by atoms with van der Waals surface area (Å²) in [5.74, 6) is -2.67. The van der Waals surface area contributed by atoms with Crippen molar-refractivity contribution in [3.05, 3.63) is 36.0 Å². The number of carboxylic acid groups (broad SMARTS) is 1. The molecule has 4 atom stereocenters. The topological polar surface area (TPSA) is 158 Å². The number of carboxylic acids is 1. The Morgan fingerprint density at radius 3 is 2.50 bits per heavy atom. The van der Waals surface area contributed by atoms with E-state index < -0.39 is 42.0 Å². The molecule has 10 heteroatoms. The minimum absolute atomic E-state index is 0.0295. The zero-order valence-electron chi connectivity index (χ0n) is 15.3. The average Bonchev–Trinajstić information content (AvgIpc) is 3.07. The lowest BCUT2D eigenvalue weighted by Gasteiger charge is -2.24. The number of carbonyl (C=O) groups excluding carboxylic acids is 2. The van der Waals surface area contributed by atoms with Crippen LogP contribution in [0.25, 0.3) is 10.9 Å². The predicted molar refractivity (Wildman–Crippen MR) is 107 cm³/mol. The zero-order chi connectivity index (χ0) is 20.8. The molecule has 0 unspecified atom stereocenters. The molecule has 0 aliphatic heterocycles. The first kappa shape index (κ1) is 21.7.